The van der Waals surface area contributed by atoms with Crippen LogP contribution < -0.4 is 10.2 Å². The number of carbonyl (C=O) groups excluding carboxylic acids is 2. The van der Waals surface area contributed by atoms with Gasteiger partial charge in [0.05, 0.1) is 16.6 Å². The molecule has 0 bridgehead atoms. The summed E-state index contributed by atoms with van der Waals surface area (Å²) in [5.41, 5.74) is -0.563. The van der Waals surface area contributed by atoms with Gasteiger partial charge < -0.3 is 15.0 Å². The van der Waals surface area contributed by atoms with Crippen LogP contribution in [0.15, 0.2) is 18.2 Å². The van der Waals surface area contributed by atoms with E-state index in [1.54, 1.807) is 6.07 Å². The molecule has 1 saturated carbocycles. The third kappa shape index (κ3) is 5.51. The van der Waals surface area contributed by atoms with Gasteiger partial charge in [-0.1, -0.05) is 26.2 Å². The average molecular weight is 428 g/mol. The molecule has 1 amide bonds. The lowest BCUT2D eigenvalue weighted by Crippen LogP contribution is -2.50. The van der Waals surface area contributed by atoms with Crippen LogP contribution in [0.25, 0.3) is 0 Å². The molecular weight excluding hydrogens is 400 g/mol. The van der Waals surface area contributed by atoms with Gasteiger partial charge in [-0.2, -0.15) is 5.26 Å². The fourth-order valence-electron chi connectivity index (χ4n) is 4.41. The minimum Gasteiger partial charge on any atom is -0.452 e. The molecule has 1 aliphatic carbocycles. The Kier molecular flexibility index (Phi) is 7.10. The Morgan fingerprint density at radius 2 is 2.06 bits per heavy atom. The number of esters is 1. The molecule has 31 heavy (non-hydrogen) atoms. The Balaban J connectivity index is 1.64. The van der Waals surface area contributed by atoms with Crippen LogP contribution >= 0.6 is 0 Å². The number of anilines is 1. The van der Waals surface area contributed by atoms with Crippen molar-refractivity contribution >= 4 is 23.3 Å². The Hall–Kier alpha value is -3.15. The smallest absolute Gasteiger partial charge is 0.338 e. The second-order valence-corrected chi connectivity index (χ2v) is 8.53. The third-order valence-electron chi connectivity index (χ3n) is 6.04. The average Bonchev–Trinajstić information content (AvgIpc) is 2.77. The maximum absolute atomic E-state index is 12.4. The Bertz CT molecular complexity index is 888. The lowest BCUT2D eigenvalue weighted by atomic mass is 9.83. The van der Waals surface area contributed by atoms with Crippen LogP contribution in [0.1, 0.15) is 62.2 Å². The lowest BCUT2D eigenvalue weighted by Gasteiger charge is -2.32. The van der Waals surface area contributed by atoms with E-state index in [0.29, 0.717) is 24.4 Å². The molecule has 1 heterocycles. The van der Waals surface area contributed by atoms with Gasteiger partial charge in [0.2, 0.25) is 0 Å². The van der Waals surface area contributed by atoms with E-state index in [1.165, 1.54) is 12.1 Å². The predicted octanol–water partition coefficient (Wildman–Crippen LogP) is 3.33. The van der Waals surface area contributed by atoms with Crippen LogP contribution in [-0.4, -0.2) is 42.0 Å². The van der Waals surface area contributed by atoms with Crippen molar-refractivity contribution in [2.24, 2.45) is 5.92 Å². The molecule has 1 aromatic carbocycles. The fraction of sp³-hybridized carbons (Fsp3) is 0.591. The number of nitriles is 1. The predicted molar refractivity (Wildman–Crippen MR) is 114 cm³/mol. The minimum atomic E-state index is -0.909. The van der Waals surface area contributed by atoms with Crippen molar-refractivity contribution in [3.8, 4) is 6.07 Å². The number of amides is 1. The van der Waals surface area contributed by atoms with Gasteiger partial charge in [-0.05, 0) is 43.7 Å². The van der Waals surface area contributed by atoms with E-state index in [9.17, 15) is 25.0 Å². The van der Waals surface area contributed by atoms with Crippen LogP contribution in [0.3, 0.4) is 0 Å². The van der Waals surface area contributed by atoms with Crippen LogP contribution in [0, 0.1) is 27.4 Å². The van der Waals surface area contributed by atoms with E-state index in [4.69, 9.17) is 4.74 Å². The van der Waals surface area contributed by atoms with Gasteiger partial charge in [-0.25, -0.2) is 4.79 Å². The first-order valence-corrected chi connectivity index (χ1v) is 10.8. The SMILES string of the molecule is CC1CCCN(c2ccc(C(=O)OCC(=O)NC3(C#N)CCCCC3)cc2[N+](=O)[O-])C1. The Morgan fingerprint density at radius 3 is 2.71 bits per heavy atom. The van der Waals surface area contributed by atoms with Crippen LogP contribution in [0.4, 0.5) is 11.4 Å². The topological polar surface area (TPSA) is 126 Å². The van der Waals surface area contributed by atoms with Gasteiger partial charge in [-0.3, -0.25) is 14.9 Å². The van der Waals surface area contributed by atoms with Crippen LogP contribution in [-0.2, 0) is 9.53 Å². The highest BCUT2D eigenvalue weighted by atomic mass is 16.6. The molecule has 3 rings (SSSR count). The van der Waals surface area contributed by atoms with Gasteiger partial charge in [0.1, 0.15) is 11.2 Å². The lowest BCUT2D eigenvalue weighted by molar-refractivity contribution is -0.384. The molecule has 1 unspecified atom stereocenters. The van der Waals surface area contributed by atoms with E-state index in [0.717, 1.165) is 45.2 Å². The van der Waals surface area contributed by atoms with Crippen molar-refractivity contribution in [1.82, 2.24) is 5.32 Å². The van der Waals surface area contributed by atoms with E-state index in [1.807, 2.05) is 4.90 Å². The summed E-state index contributed by atoms with van der Waals surface area (Å²) in [5, 5.41) is 23.7. The van der Waals surface area contributed by atoms with Crippen molar-refractivity contribution < 1.29 is 19.2 Å². The first-order chi connectivity index (χ1) is 14.8. The third-order valence-corrected chi connectivity index (χ3v) is 6.04. The molecule has 9 heteroatoms. The van der Waals surface area contributed by atoms with Crippen molar-refractivity contribution in [2.45, 2.75) is 57.4 Å². The van der Waals surface area contributed by atoms with E-state index >= 15 is 0 Å². The van der Waals surface area contributed by atoms with Crippen LogP contribution in [0.2, 0.25) is 0 Å². The molecule has 1 saturated heterocycles. The van der Waals surface area contributed by atoms with E-state index < -0.39 is 28.9 Å². The zero-order valence-electron chi connectivity index (χ0n) is 17.8. The zero-order valence-corrected chi connectivity index (χ0v) is 17.8. The maximum atomic E-state index is 12.4. The number of piperidine rings is 1. The monoisotopic (exact) mass is 428 g/mol. The van der Waals surface area contributed by atoms with Crippen molar-refractivity contribution in [3.05, 3.63) is 33.9 Å². The summed E-state index contributed by atoms with van der Waals surface area (Å²) in [7, 11) is 0. The summed E-state index contributed by atoms with van der Waals surface area (Å²) >= 11 is 0. The normalized spacial score (nSPS) is 20.4. The quantitative estimate of drug-likeness (QED) is 0.418. The number of ether oxygens (including phenoxy) is 1. The molecule has 0 radical (unpaired) electrons. The second kappa shape index (κ2) is 9.77. The van der Waals surface area contributed by atoms with Crippen LogP contribution in [0.5, 0.6) is 0 Å². The maximum Gasteiger partial charge on any atom is 0.338 e. The van der Waals surface area contributed by atoms with E-state index in [-0.39, 0.29) is 11.3 Å². The number of nitro benzene ring substituents is 1. The highest BCUT2D eigenvalue weighted by molar-refractivity contribution is 5.93. The number of benzene rings is 1. The van der Waals surface area contributed by atoms with Crippen molar-refractivity contribution in [3.63, 3.8) is 0 Å². The summed E-state index contributed by atoms with van der Waals surface area (Å²) in [5.74, 6) is -0.922. The summed E-state index contributed by atoms with van der Waals surface area (Å²) < 4.78 is 5.06. The molecule has 1 atom stereocenters. The van der Waals surface area contributed by atoms with Gasteiger partial charge >= 0.3 is 5.97 Å². The largest absolute Gasteiger partial charge is 0.452 e. The Labute approximate surface area is 181 Å². The molecular formula is C22H28N4O5. The summed E-state index contributed by atoms with van der Waals surface area (Å²) in [6.07, 6.45) is 5.95. The fourth-order valence-corrected chi connectivity index (χ4v) is 4.41. The van der Waals surface area contributed by atoms with Crippen molar-refractivity contribution in [1.29, 1.82) is 5.26 Å². The summed E-state index contributed by atoms with van der Waals surface area (Å²) in [6.45, 7) is 3.03. The highest BCUT2D eigenvalue weighted by Gasteiger charge is 2.34. The number of carbonyl (C=O) groups is 2. The molecule has 9 nitrogen and oxygen atoms in total. The number of rotatable bonds is 6. The molecule has 166 valence electrons. The Morgan fingerprint density at radius 1 is 1.32 bits per heavy atom. The zero-order chi connectivity index (χ0) is 22.4. The van der Waals surface area contributed by atoms with Gasteiger partial charge in [-0.15, -0.1) is 0 Å². The van der Waals surface area contributed by atoms with Gasteiger partial charge in [0, 0.05) is 19.2 Å². The second-order valence-electron chi connectivity index (χ2n) is 8.53. The first kappa shape index (κ1) is 22.5. The molecule has 1 aromatic rings. The number of nitrogens with one attached hydrogen (secondary N) is 1. The van der Waals surface area contributed by atoms with Crippen molar-refractivity contribution in [2.75, 3.05) is 24.6 Å². The summed E-state index contributed by atoms with van der Waals surface area (Å²) in [4.78, 5) is 37.7. The number of nitro groups is 1. The standard InChI is InChI=1S/C22H28N4O5/c1-16-6-5-11-25(13-16)18-8-7-17(12-19(18)26(29)30)21(28)31-14-20(27)24-22(15-23)9-3-2-4-10-22/h7-8,12,16H,2-6,9-11,13-14H2,1H3,(H,24,27). The number of hydrogen-bond acceptors (Lipinski definition) is 7. The molecule has 0 aromatic heterocycles. The first-order valence-electron chi connectivity index (χ1n) is 10.8. The highest BCUT2D eigenvalue weighted by Crippen LogP contribution is 2.32. The number of hydrogen-bond donors (Lipinski definition) is 1. The molecule has 0 spiro atoms. The number of nitrogens with zero attached hydrogens (tertiary/aromatic N) is 3. The minimum absolute atomic E-state index is 0.0148. The molecule has 2 aliphatic rings. The summed E-state index contributed by atoms with van der Waals surface area (Å²) in [6, 6.07) is 6.43. The molecule has 1 N–H and O–H groups in total. The molecule has 1 aliphatic heterocycles. The van der Waals surface area contributed by atoms with Gasteiger partial charge in [0.25, 0.3) is 11.6 Å². The van der Waals surface area contributed by atoms with E-state index in [2.05, 4.69) is 18.3 Å². The molecule has 2 fully saturated rings. The van der Waals surface area contributed by atoms with Gasteiger partial charge in [0.15, 0.2) is 6.61 Å².